The van der Waals surface area contributed by atoms with E-state index in [2.05, 4.69) is 10.6 Å². The molecule has 0 radical (unpaired) electrons. The molecule has 2 aromatic carbocycles. The van der Waals surface area contributed by atoms with Crippen LogP contribution in [-0.2, 0) is 24.1 Å². The van der Waals surface area contributed by atoms with Crippen LogP contribution in [0.2, 0.25) is 5.02 Å². The highest BCUT2D eigenvalue weighted by atomic mass is 35.5. The molecule has 1 heterocycles. The maximum absolute atomic E-state index is 13.2. The Morgan fingerprint density at radius 2 is 1.87 bits per heavy atom. The molecule has 5 N–H and O–H groups in total. The minimum absolute atomic E-state index is 0. The van der Waals surface area contributed by atoms with Gasteiger partial charge >= 0.3 is 0 Å². The lowest BCUT2D eigenvalue weighted by Gasteiger charge is -2.29. The van der Waals surface area contributed by atoms with Gasteiger partial charge in [-0.15, -0.1) is 12.4 Å². The van der Waals surface area contributed by atoms with Crippen molar-refractivity contribution < 1.29 is 20.2 Å². The average molecular weight is 453 g/mol. The van der Waals surface area contributed by atoms with E-state index in [0.29, 0.717) is 30.1 Å². The van der Waals surface area contributed by atoms with E-state index in [4.69, 9.17) is 11.6 Å². The van der Waals surface area contributed by atoms with Gasteiger partial charge in [-0.3, -0.25) is 9.59 Å². The number of phenols is 1. The zero-order chi connectivity index (χ0) is 19.7. The van der Waals surface area contributed by atoms with Crippen LogP contribution in [0.1, 0.15) is 39.9 Å². The van der Waals surface area contributed by atoms with Crippen molar-refractivity contribution in [2.24, 2.45) is 5.92 Å². The minimum Gasteiger partial charge on any atom is -0.508 e. The summed E-state index contributed by atoms with van der Waals surface area (Å²) in [6.45, 7) is 1.41. The van der Waals surface area contributed by atoms with Gasteiger partial charge in [-0.05, 0) is 67.1 Å². The molecule has 1 atom stereocenters. The van der Waals surface area contributed by atoms with Crippen LogP contribution in [0.3, 0.4) is 0 Å². The molecule has 1 amide bonds. The third-order valence-corrected chi connectivity index (χ3v) is 5.93. The molecule has 162 valence electrons. The number of hydrogen-bond acceptors (Lipinski definition) is 4. The Hall–Kier alpha value is -2.12. The smallest absolute Gasteiger partial charge is 0.224 e. The summed E-state index contributed by atoms with van der Waals surface area (Å²) in [5.74, 6) is 0.311. The van der Waals surface area contributed by atoms with Gasteiger partial charge in [0.25, 0.3) is 0 Å². The number of aromatic hydroxyl groups is 1. The highest BCUT2D eigenvalue weighted by Gasteiger charge is 2.33. The van der Waals surface area contributed by atoms with E-state index >= 15 is 0 Å². The number of fused-ring (bicyclic) bond motifs is 3. The van der Waals surface area contributed by atoms with E-state index < -0.39 is 0 Å². The molecule has 0 saturated carbocycles. The van der Waals surface area contributed by atoms with Crippen molar-refractivity contribution in [1.29, 1.82) is 0 Å². The second-order valence-electron chi connectivity index (χ2n) is 7.51. The molecule has 2 aromatic rings. The van der Waals surface area contributed by atoms with Crippen molar-refractivity contribution in [3.63, 3.8) is 0 Å². The number of carbonyl (C=O) groups is 2. The predicted octanol–water partition coefficient (Wildman–Crippen LogP) is 3.10. The Kier molecular flexibility index (Phi) is 8.26. The Balaban J connectivity index is 0.00000160. The Bertz CT molecular complexity index is 932. The number of rotatable bonds is 5. The molecular formula is C22H26Cl2N2O4. The zero-order valence-corrected chi connectivity index (χ0v) is 18.0. The summed E-state index contributed by atoms with van der Waals surface area (Å²) >= 11 is 6.34. The van der Waals surface area contributed by atoms with Crippen LogP contribution in [0.25, 0.3) is 0 Å². The van der Waals surface area contributed by atoms with E-state index in [9.17, 15) is 14.7 Å². The van der Waals surface area contributed by atoms with Gasteiger partial charge in [-0.1, -0.05) is 23.7 Å². The number of Topliss-reactive ketones (excluding diaryl/α,β-unsaturated/α-hetero) is 1. The monoisotopic (exact) mass is 452 g/mol. The van der Waals surface area contributed by atoms with Gasteiger partial charge in [0, 0.05) is 24.4 Å². The van der Waals surface area contributed by atoms with Gasteiger partial charge in [0.05, 0.1) is 10.7 Å². The third kappa shape index (κ3) is 4.95. The summed E-state index contributed by atoms with van der Waals surface area (Å²) in [5, 5.41) is 16.1. The second kappa shape index (κ2) is 10.3. The largest absolute Gasteiger partial charge is 0.508 e. The summed E-state index contributed by atoms with van der Waals surface area (Å²) in [6.07, 6.45) is 3.43. The summed E-state index contributed by atoms with van der Waals surface area (Å²) in [7, 11) is 0. The summed E-state index contributed by atoms with van der Waals surface area (Å²) < 4.78 is 0. The van der Waals surface area contributed by atoms with Crippen LogP contribution in [0, 0.1) is 5.92 Å². The first-order chi connectivity index (χ1) is 13.5. The molecule has 0 spiro atoms. The first kappa shape index (κ1) is 24.2. The van der Waals surface area contributed by atoms with Crippen LogP contribution in [-0.4, -0.2) is 35.4 Å². The number of carbonyl (C=O) groups excluding carboxylic acids is 2. The van der Waals surface area contributed by atoms with Crippen LogP contribution < -0.4 is 10.6 Å². The molecule has 0 aromatic heterocycles. The lowest BCUT2D eigenvalue weighted by Crippen LogP contribution is -2.35. The fourth-order valence-electron chi connectivity index (χ4n) is 4.12. The van der Waals surface area contributed by atoms with Gasteiger partial charge in [-0.2, -0.15) is 0 Å². The van der Waals surface area contributed by atoms with Crippen molar-refractivity contribution in [2.75, 3.05) is 18.4 Å². The molecule has 6 nitrogen and oxygen atoms in total. The van der Waals surface area contributed by atoms with Crippen LogP contribution in [0.5, 0.6) is 5.75 Å². The number of aryl methyl sites for hydroxylation is 1. The molecule has 4 rings (SSSR count). The van der Waals surface area contributed by atoms with Gasteiger partial charge in [0.15, 0.2) is 5.78 Å². The van der Waals surface area contributed by atoms with E-state index in [-0.39, 0.29) is 41.2 Å². The summed E-state index contributed by atoms with van der Waals surface area (Å²) in [4.78, 5) is 24.9. The standard InChI is InChI=1S/C22H23ClN2O3.ClH.H2O/c23-18-11-14-3-4-15(12-24-10-9-13-1-5-16(26)6-2-13)22(28)20(14)17-7-8-19(27)25-21(17)18;;/h1-2,5-6,11,15,24,26H,3-4,7-10,12H2,(H,25,27);1H;1H2. The molecule has 0 saturated heterocycles. The number of hydrogen-bond donors (Lipinski definition) is 3. The Morgan fingerprint density at radius 3 is 2.60 bits per heavy atom. The van der Waals surface area contributed by atoms with E-state index in [1.165, 1.54) is 0 Å². The van der Waals surface area contributed by atoms with E-state index in [1.54, 1.807) is 12.1 Å². The maximum atomic E-state index is 13.2. The zero-order valence-electron chi connectivity index (χ0n) is 16.5. The SMILES string of the molecule is Cl.O.O=C1CCc2c(c(Cl)cc3c2C(=O)C(CNCCc2ccc(O)cc2)CC3)N1. The first-order valence-electron chi connectivity index (χ1n) is 9.70. The van der Waals surface area contributed by atoms with Crippen LogP contribution >= 0.6 is 24.0 Å². The molecular weight excluding hydrogens is 427 g/mol. The van der Waals surface area contributed by atoms with Gasteiger partial charge in [-0.25, -0.2) is 0 Å². The van der Waals surface area contributed by atoms with E-state index in [1.807, 2.05) is 18.2 Å². The number of anilines is 1. The third-order valence-electron chi connectivity index (χ3n) is 5.63. The normalized spacial score (nSPS) is 17.2. The van der Waals surface area contributed by atoms with Gasteiger partial charge < -0.3 is 21.2 Å². The van der Waals surface area contributed by atoms with Crippen molar-refractivity contribution in [3.8, 4) is 5.75 Å². The number of ketones is 1. The van der Waals surface area contributed by atoms with Gasteiger partial charge in [0.1, 0.15) is 5.75 Å². The van der Waals surface area contributed by atoms with Crippen molar-refractivity contribution in [3.05, 3.63) is 57.6 Å². The topological polar surface area (TPSA) is 110 Å². The summed E-state index contributed by atoms with van der Waals surface area (Å²) in [5.41, 5.74) is 4.44. The lowest BCUT2D eigenvalue weighted by molar-refractivity contribution is -0.116. The van der Waals surface area contributed by atoms with Crippen LogP contribution in [0.4, 0.5) is 5.69 Å². The fraction of sp³-hybridized carbons (Fsp3) is 0.364. The fourth-order valence-corrected chi connectivity index (χ4v) is 4.41. The van der Waals surface area contributed by atoms with Gasteiger partial charge in [0.2, 0.25) is 5.91 Å². The molecule has 30 heavy (non-hydrogen) atoms. The number of nitrogens with one attached hydrogen (secondary N) is 2. The number of phenolic OH excluding ortho intramolecular Hbond substituents is 1. The molecule has 2 aliphatic rings. The molecule has 1 unspecified atom stereocenters. The molecule has 1 aliphatic heterocycles. The predicted molar refractivity (Wildman–Crippen MR) is 120 cm³/mol. The van der Waals surface area contributed by atoms with Crippen LogP contribution in [0.15, 0.2) is 30.3 Å². The molecule has 0 bridgehead atoms. The Morgan fingerprint density at radius 1 is 1.13 bits per heavy atom. The van der Waals surface area contributed by atoms with Crippen molar-refractivity contribution >= 4 is 41.4 Å². The van der Waals surface area contributed by atoms with Crippen molar-refractivity contribution in [2.45, 2.75) is 32.1 Å². The molecule has 8 heteroatoms. The average Bonchev–Trinajstić information content (AvgIpc) is 2.68. The maximum Gasteiger partial charge on any atom is 0.224 e. The second-order valence-corrected chi connectivity index (χ2v) is 7.92. The quantitative estimate of drug-likeness (QED) is 0.605. The number of benzene rings is 2. The molecule has 0 fully saturated rings. The number of halogens is 2. The number of amides is 1. The molecule has 1 aliphatic carbocycles. The first-order valence-corrected chi connectivity index (χ1v) is 10.1. The highest BCUT2D eigenvalue weighted by Crippen LogP contribution is 2.39. The minimum atomic E-state index is -0.0600. The highest BCUT2D eigenvalue weighted by molar-refractivity contribution is 6.34. The summed E-state index contributed by atoms with van der Waals surface area (Å²) in [6, 6.07) is 9.02. The van der Waals surface area contributed by atoms with E-state index in [0.717, 1.165) is 48.1 Å². The van der Waals surface area contributed by atoms with Crippen molar-refractivity contribution in [1.82, 2.24) is 5.32 Å². The lowest BCUT2D eigenvalue weighted by atomic mass is 9.78. The Labute approximate surface area is 186 Å².